The SMILES string of the molecule is C[Si](C)(C)CCOCN(COCC[Si](C)(C)C)c1cc(C2C[C@H]3CC[C@@H](C2)C3)nc2c(-c3ccc(-c4ncccn4)cc3)cnn12. The molecule has 1 unspecified atom stereocenters. The third-order valence-corrected chi connectivity index (χ3v) is 13.0. The highest BCUT2D eigenvalue weighted by molar-refractivity contribution is 6.76. The molecule has 0 saturated heterocycles. The molecule has 0 aliphatic heterocycles. The lowest BCUT2D eigenvalue weighted by Gasteiger charge is -2.30. The summed E-state index contributed by atoms with van der Waals surface area (Å²) < 4.78 is 14.7. The average molecular weight is 657 g/mol. The van der Waals surface area contributed by atoms with Crippen molar-refractivity contribution in [2.24, 2.45) is 11.8 Å². The maximum Gasteiger partial charge on any atom is 0.165 e. The van der Waals surface area contributed by atoms with E-state index in [9.17, 15) is 0 Å². The van der Waals surface area contributed by atoms with Gasteiger partial charge in [-0.2, -0.15) is 9.61 Å². The van der Waals surface area contributed by atoms with Crippen LogP contribution in [0, 0.1) is 11.8 Å². The molecule has 2 aliphatic rings. The molecule has 3 aromatic heterocycles. The number of nitrogens with zero attached hydrogens (tertiary/aromatic N) is 6. The fourth-order valence-corrected chi connectivity index (χ4v) is 8.39. The zero-order valence-electron chi connectivity index (χ0n) is 28.7. The second kappa shape index (κ2) is 14.1. The average Bonchev–Trinajstić information content (AvgIpc) is 3.61. The lowest BCUT2D eigenvalue weighted by Crippen LogP contribution is -2.33. The zero-order chi connectivity index (χ0) is 32.3. The smallest absolute Gasteiger partial charge is 0.165 e. The van der Waals surface area contributed by atoms with Gasteiger partial charge in [-0.05, 0) is 54.8 Å². The van der Waals surface area contributed by atoms with Crippen molar-refractivity contribution in [1.82, 2.24) is 24.6 Å². The summed E-state index contributed by atoms with van der Waals surface area (Å²) in [5, 5.41) is 4.95. The number of hydrogen-bond donors (Lipinski definition) is 0. The van der Waals surface area contributed by atoms with Gasteiger partial charge in [0, 0.05) is 70.6 Å². The number of rotatable bonds is 14. The van der Waals surface area contributed by atoms with E-state index in [1.807, 2.05) is 16.8 Å². The first kappa shape index (κ1) is 33.0. The van der Waals surface area contributed by atoms with Crippen LogP contribution < -0.4 is 4.90 Å². The van der Waals surface area contributed by atoms with Gasteiger partial charge in [0.1, 0.15) is 19.3 Å². The minimum atomic E-state index is -1.21. The first-order chi connectivity index (χ1) is 22.0. The fourth-order valence-electron chi connectivity index (χ4n) is 6.88. The molecule has 1 aromatic carbocycles. The van der Waals surface area contributed by atoms with Gasteiger partial charge in [0.15, 0.2) is 11.5 Å². The van der Waals surface area contributed by atoms with Crippen LogP contribution in [0.5, 0.6) is 0 Å². The normalized spacial score (nSPS) is 20.0. The molecule has 2 saturated carbocycles. The zero-order valence-corrected chi connectivity index (χ0v) is 30.7. The predicted octanol–water partition coefficient (Wildman–Crippen LogP) is 8.58. The first-order valence-corrected chi connectivity index (χ1v) is 24.6. The molecule has 6 rings (SSSR count). The molecule has 246 valence electrons. The monoisotopic (exact) mass is 656 g/mol. The molecule has 3 atom stereocenters. The minimum Gasteiger partial charge on any atom is -0.361 e. The number of fused-ring (bicyclic) bond motifs is 3. The summed E-state index contributed by atoms with van der Waals surface area (Å²) in [7, 11) is -2.42. The van der Waals surface area contributed by atoms with Gasteiger partial charge in [0.2, 0.25) is 0 Å². The Hall–Kier alpha value is -2.93. The summed E-state index contributed by atoms with van der Waals surface area (Å²) in [6.07, 6.45) is 12.1. The molecule has 0 radical (unpaired) electrons. The molecule has 3 heterocycles. The topological polar surface area (TPSA) is 77.7 Å². The highest BCUT2D eigenvalue weighted by Gasteiger charge is 2.36. The van der Waals surface area contributed by atoms with Crippen molar-refractivity contribution in [3.05, 3.63) is 60.7 Å². The maximum absolute atomic E-state index is 6.37. The molecular formula is C36H52N6O2Si2. The Morgan fingerprint density at radius 2 is 1.39 bits per heavy atom. The van der Waals surface area contributed by atoms with E-state index in [1.165, 1.54) is 37.8 Å². The number of ether oxygens (including phenoxy) is 2. The van der Waals surface area contributed by atoms with Crippen LogP contribution in [-0.4, -0.2) is 67.4 Å². The van der Waals surface area contributed by atoms with Crippen molar-refractivity contribution < 1.29 is 9.47 Å². The molecule has 4 aromatic rings. The highest BCUT2D eigenvalue weighted by atomic mass is 28.3. The van der Waals surface area contributed by atoms with Gasteiger partial charge in [-0.25, -0.2) is 15.0 Å². The van der Waals surface area contributed by atoms with E-state index in [2.05, 4.69) is 84.5 Å². The summed E-state index contributed by atoms with van der Waals surface area (Å²) >= 11 is 0. The van der Waals surface area contributed by atoms with Gasteiger partial charge in [-0.3, -0.25) is 0 Å². The van der Waals surface area contributed by atoms with Crippen LogP contribution in [0.4, 0.5) is 5.82 Å². The van der Waals surface area contributed by atoms with Crippen molar-refractivity contribution in [3.8, 4) is 22.5 Å². The van der Waals surface area contributed by atoms with Crippen LogP contribution in [0.1, 0.15) is 43.7 Å². The second-order valence-corrected chi connectivity index (χ2v) is 27.2. The molecular weight excluding hydrogens is 605 g/mol. The van der Waals surface area contributed by atoms with Gasteiger partial charge in [0.25, 0.3) is 0 Å². The summed E-state index contributed by atoms with van der Waals surface area (Å²) in [5.74, 6) is 3.85. The molecule has 8 nitrogen and oxygen atoms in total. The lowest BCUT2D eigenvalue weighted by atomic mass is 9.79. The van der Waals surface area contributed by atoms with E-state index in [0.717, 1.165) is 71.1 Å². The third kappa shape index (κ3) is 8.31. The van der Waals surface area contributed by atoms with E-state index < -0.39 is 16.1 Å². The maximum atomic E-state index is 6.37. The summed E-state index contributed by atoms with van der Waals surface area (Å²) in [6, 6.07) is 14.8. The molecule has 0 N–H and O–H groups in total. The number of benzene rings is 1. The van der Waals surface area contributed by atoms with Gasteiger partial charge in [-0.1, -0.05) is 76.4 Å². The second-order valence-electron chi connectivity index (χ2n) is 15.9. The van der Waals surface area contributed by atoms with Crippen LogP contribution in [0.2, 0.25) is 51.4 Å². The van der Waals surface area contributed by atoms with Gasteiger partial charge in [0.05, 0.1) is 6.20 Å². The van der Waals surface area contributed by atoms with Crippen molar-refractivity contribution >= 4 is 27.6 Å². The molecule has 0 amide bonds. The van der Waals surface area contributed by atoms with Crippen LogP contribution in [-0.2, 0) is 9.47 Å². The van der Waals surface area contributed by atoms with Crippen molar-refractivity contribution in [3.63, 3.8) is 0 Å². The molecule has 10 heteroatoms. The molecule has 2 bridgehead atoms. The highest BCUT2D eigenvalue weighted by Crippen LogP contribution is 2.48. The van der Waals surface area contributed by atoms with E-state index >= 15 is 0 Å². The van der Waals surface area contributed by atoms with Crippen molar-refractivity contribution in [2.45, 2.75) is 89.4 Å². The number of anilines is 1. The van der Waals surface area contributed by atoms with Crippen LogP contribution in [0.15, 0.2) is 55.0 Å². The van der Waals surface area contributed by atoms with Crippen molar-refractivity contribution in [2.75, 3.05) is 31.6 Å². The largest absolute Gasteiger partial charge is 0.361 e. The van der Waals surface area contributed by atoms with Crippen molar-refractivity contribution in [1.29, 1.82) is 0 Å². The van der Waals surface area contributed by atoms with Gasteiger partial charge < -0.3 is 14.4 Å². The lowest BCUT2D eigenvalue weighted by molar-refractivity contribution is 0.0942. The standard InChI is InChI=1S/C36H52N6O2Si2/c1-45(2,3)18-16-43-25-41(26-44-17-19-46(4,5)6)34-23-33(31-21-27-8-9-28(20-27)22-31)40-36-32(24-39-42(34)36)29-10-12-30(13-11-29)35-37-14-7-15-38-35/h7,10-15,23-24,27-28,31H,8-9,16-22,25-26H2,1-6H3/t27-,28+,31?. The predicted molar refractivity (Wildman–Crippen MR) is 193 cm³/mol. The molecule has 2 fully saturated rings. The number of aromatic nitrogens is 5. The first-order valence-electron chi connectivity index (χ1n) is 17.2. The summed E-state index contributed by atoms with van der Waals surface area (Å²) in [4.78, 5) is 16.5. The Morgan fingerprint density at radius 1 is 0.804 bits per heavy atom. The summed E-state index contributed by atoms with van der Waals surface area (Å²) in [5.41, 5.74) is 5.18. The van der Waals surface area contributed by atoms with Crippen LogP contribution >= 0.6 is 0 Å². The Bertz CT molecular complexity index is 1550. The van der Waals surface area contributed by atoms with E-state index in [4.69, 9.17) is 19.6 Å². The quantitative estimate of drug-likeness (QED) is 0.0764. The summed E-state index contributed by atoms with van der Waals surface area (Å²) in [6.45, 7) is 16.8. The van der Waals surface area contributed by atoms with Gasteiger partial charge in [-0.15, -0.1) is 0 Å². The van der Waals surface area contributed by atoms with Crippen LogP contribution in [0.3, 0.4) is 0 Å². The number of hydrogen-bond acceptors (Lipinski definition) is 7. The fraction of sp³-hybridized carbons (Fsp3) is 0.556. The van der Waals surface area contributed by atoms with Gasteiger partial charge >= 0.3 is 0 Å². The van der Waals surface area contributed by atoms with E-state index in [0.29, 0.717) is 19.4 Å². The Kier molecular flexibility index (Phi) is 10.1. The minimum absolute atomic E-state index is 0.465. The van der Waals surface area contributed by atoms with E-state index in [1.54, 1.807) is 12.4 Å². The Balaban J connectivity index is 1.35. The molecule has 46 heavy (non-hydrogen) atoms. The molecule has 2 aliphatic carbocycles. The Labute approximate surface area is 277 Å². The molecule has 0 spiro atoms. The van der Waals surface area contributed by atoms with E-state index in [-0.39, 0.29) is 0 Å². The third-order valence-electron chi connectivity index (χ3n) is 9.61. The Morgan fingerprint density at radius 3 is 1.98 bits per heavy atom. The van der Waals surface area contributed by atoms with Crippen LogP contribution in [0.25, 0.3) is 28.2 Å².